The molecule has 24 heavy (non-hydrogen) atoms. The molecule has 122 valence electrons. The first-order valence-corrected chi connectivity index (χ1v) is 8.91. The predicted molar refractivity (Wildman–Crippen MR) is 90.0 cm³/mol. The maximum Gasteiger partial charge on any atom is 0.261 e. The van der Waals surface area contributed by atoms with Crippen molar-refractivity contribution >= 4 is 27.3 Å². The monoisotopic (exact) mass is 341 g/mol. The maximum absolute atomic E-state index is 12.4. The van der Waals surface area contributed by atoms with Crippen LogP contribution in [-0.2, 0) is 14.8 Å². The summed E-state index contributed by atoms with van der Waals surface area (Å²) in [6.07, 6.45) is 1.35. The summed E-state index contributed by atoms with van der Waals surface area (Å²) in [5.41, 5.74) is 1.54. The van der Waals surface area contributed by atoms with E-state index in [0.717, 1.165) is 6.42 Å². The number of benzene rings is 2. The van der Waals surface area contributed by atoms with Crippen molar-refractivity contribution in [2.75, 3.05) is 16.2 Å². The number of carbonyl (C=O) groups is 1. The minimum absolute atomic E-state index is 0.0568. The highest BCUT2D eigenvalue weighted by atomic mass is 32.2. The number of nitrogens with zero attached hydrogens (tertiary/aromatic N) is 2. The fraction of sp³-hybridized carbons (Fsp3) is 0.176. The molecule has 1 aliphatic rings. The van der Waals surface area contributed by atoms with Gasteiger partial charge in [-0.2, -0.15) is 5.26 Å². The molecule has 0 saturated carbocycles. The van der Waals surface area contributed by atoms with Crippen LogP contribution < -0.4 is 9.62 Å². The van der Waals surface area contributed by atoms with Gasteiger partial charge in [0.25, 0.3) is 10.0 Å². The minimum Gasteiger partial charge on any atom is -0.312 e. The Hall–Kier alpha value is -2.85. The van der Waals surface area contributed by atoms with Crippen LogP contribution in [0.3, 0.4) is 0 Å². The number of carbonyl (C=O) groups excluding carboxylic acids is 1. The van der Waals surface area contributed by atoms with E-state index in [4.69, 9.17) is 5.26 Å². The van der Waals surface area contributed by atoms with E-state index in [-0.39, 0.29) is 10.8 Å². The Bertz CT molecular complexity index is 898. The normalized spacial score (nSPS) is 14.5. The summed E-state index contributed by atoms with van der Waals surface area (Å²) in [5, 5.41) is 8.76. The Labute approximate surface area is 140 Å². The third kappa shape index (κ3) is 3.24. The average Bonchev–Trinajstić information content (AvgIpc) is 3.01. The van der Waals surface area contributed by atoms with Gasteiger partial charge in [-0.1, -0.05) is 0 Å². The Kier molecular flexibility index (Phi) is 4.23. The summed E-state index contributed by atoms with van der Waals surface area (Å²) in [6, 6.07) is 14.4. The van der Waals surface area contributed by atoms with Gasteiger partial charge in [-0.3, -0.25) is 9.52 Å². The molecule has 2 aromatic carbocycles. The molecular formula is C17H15N3O3S. The second-order valence-electron chi connectivity index (χ2n) is 5.44. The number of amides is 1. The van der Waals surface area contributed by atoms with Crippen molar-refractivity contribution in [3.05, 3.63) is 54.1 Å². The van der Waals surface area contributed by atoms with Crippen molar-refractivity contribution in [3.63, 3.8) is 0 Å². The summed E-state index contributed by atoms with van der Waals surface area (Å²) in [6.45, 7) is 0.661. The number of hydrogen-bond acceptors (Lipinski definition) is 4. The first-order chi connectivity index (χ1) is 11.5. The smallest absolute Gasteiger partial charge is 0.261 e. The maximum atomic E-state index is 12.4. The highest BCUT2D eigenvalue weighted by Gasteiger charge is 2.22. The van der Waals surface area contributed by atoms with E-state index >= 15 is 0 Å². The van der Waals surface area contributed by atoms with E-state index in [1.54, 1.807) is 29.2 Å². The average molecular weight is 341 g/mol. The molecule has 7 heteroatoms. The molecule has 0 spiro atoms. The lowest BCUT2D eigenvalue weighted by Crippen LogP contribution is -2.23. The van der Waals surface area contributed by atoms with Crippen LogP contribution in [0.4, 0.5) is 11.4 Å². The van der Waals surface area contributed by atoms with Crippen molar-refractivity contribution in [1.29, 1.82) is 5.26 Å². The molecule has 1 N–H and O–H groups in total. The van der Waals surface area contributed by atoms with Crippen molar-refractivity contribution in [1.82, 2.24) is 0 Å². The molecule has 0 radical (unpaired) electrons. The quantitative estimate of drug-likeness (QED) is 0.925. The van der Waals surface area contributed by atoms with E-state index < -0.39 is 10.0 Å². The van der Waals surface area contributed by atoms with Crippen LogP contribution in [0.1, 0.15) is 18.4 Å². The van der Waals surface area contributed by atoms with Gasteiger partial charge in [-0.25, -0.2) is 8.42 Å². The van der Waals surface area contributed by atoms with E-state index in [2.05, 4.69) is 4.72 Å². The third-order valence-electron chi connectivity index (χ3n) is 3.80. The van der Waals surface area contributed by atoms with Gasteiger partial charge in [0.05, 0.1) is 16.5 Å². The van der Waals surface area contributed by atoms with Gasteiger partial charge in [0, 0.05) is 24.3 Å². The van der Waals surface area contributed by atoms with Crippen molar-refractivity contribution in [3.8, 4) is 6.07 Å². The van der Waals surface area contributed by atoms with Gasteiger partial charge >= 0.3 is 0 Å². The van der Waals surface area contributed by atoms with Crippen LogP contribution in [0.2, 0.25) is 0 Å². The van der Waals surface area contributed by atoms with Gasteiger partial charge in [-0.15, -0.1) is 0 Å². The summed E-state index contributed by atoms with van der Waals surface area (Å²) in [5.74, 6) is 0.0568. The fourth-order valence-corrected chi connectivity index (χ4v) is 3.61. The zero-order valence-electron chi connectivity index (χ0n) is 12.8. The number of rotatable bonds is 4. The molecule has 0 aliphatic carbocycles. The highest BCUT2D eigenvalue weighted by Crippen LogP contribution is 2.24. The van der Waals surface area contributed by atoms with E-state index in [1.165, 1.54) is 24.3 Å². The van der Waals surface area contributed by atoms with Gasteiger partial charge in [0.1, 0.15) is 0 Å². The fourth-order valence-electron chi connectivity index (χ4n) is 2.55. The Morgan fingerprint density at radius 2 is 1.71 bits per heavy atom. The lowest BCUT2D eigenvalue weighted by Gasteiger charge is -2.16. The highest BCUT2D eigenvalue weighted by molar-refractivity contribution is 7.92. The number of anilines is 2. The summed E-state index contributed by atoms with van der Waals surface area (Å²) in [4.78, 5) is 13.5. The lowest BCUT2D eigenvalue weighted by molar-refractivity contribution is -0.117. The molecule has 6 nitrogen and oxygen atoms in total. The second kappa shape index (κ2) is 6.34. The predicted octanol–water partition coefficient (Wildman–Crippen LogP) is 2.49. The summed E-state index contributed by atoms with van der Waals surface area (Å²) >= 11 is 0. The molecule has 0 atom stereocenters. The van der Waals surface area contributed by atoms with Crippen LogP contribution in [0, 0.1) is 11.3 Å². The molecule has 1 fully saturated rings. The SMILES string of the molecule is N#Cc1ccc(NS(=O)(=O)c2ccc(N3CCCC3=O)cc2)cc1. The van der Waals surface area contributed by atoms with E-state index in [1.807, 2.05) is 6.07 Å². The minimum atomic E-state index is -3.72. The molecular weight excluding hydrogens is 326 g/mol. The molecule has 0 unspecified atom stereocenters. The van der Waals surface area contributed by atoms with E-state index in [0.29, 0.717) is 29.9 Å². The van der Waals surface area contributed by atoms with Crippen LogP contribution in [-0.4, -0.2) is 20.9 Å². The van der Waals surface area contributed by atoms with Gasteiger partial charge in [-0.05, 0) is 55.0 Å². The Balaban J connectivity index is 1.79. The van der Waals surface area contributed by atoms with Crippen molar-refractivity contribution in [2.45, 2.75) is 17.7 Å². The number of sulfonamides is 1. The molecule has 2 aromatic rings. The number of nitrogens with one attached hydrogen (secondary N) is 1. The van der Waals surface area contributed by atoms with Crippen molar-refractivity contribution in [2.24, 2.45) is 0 Å². The first-order valence-electron chi connectivity index (χ1n) is 7.43. The summed E-state index contributed by atoms with van der Waals surface area (Å²) < 4.78 is 27.3. The molecule has 1 heterocycles. The van der Waals surface area contributed by atoms with Crippen molar-refractivity contribution < 1.29 is 13.2 Å². The molecule has 1 saturated heterocycles. The molecule has 1 amide bonds. The second-order valence-corrected chi connectivity index (χ2v) is 7.12. The number of nitriles is 1. The molecule has 0 bridgehead atoms. The van der Waals surface area contributed by atoms with Crippen LogP contribution in [0.15, 0.2) is 53.4 Å². The topological polar surface area (TPSA) is 90.3 Å². The van der Waals surface area contributed by atoms with Crippen LogP contribution in [0.25, 0.3) is 0 Å². The van der Waals surface area contributed by atoms with Crippen LogP contribution >= 0.6 is 0 Å². The standard InChI is InChI=1S/C17H15N3O3S/c18-12-13-3-5-14(6-4-13)19-24(22,23)16-9-7-15(8-10-16)20-11-1-2-17(20)21/h3-10,19H,1-2,11H2. The molecule has 1 aliphatic heterocycles. The lowest BCUT2D eigenvalue weighted by atomic mass is 10.2. The zero-order valence-corrected chi connectivity index (χ0v) is 13.6. The molecule has 3 rings (SSSR count). The Morgan fingerprint density at radius 1 is 1.04 bits per heavy atom. The number of hydrogen-bond donors (Lipinski definition) is 1. The molecule has 0 aromatic heterocycles. The summed E-state index contributed by atoms with van der Waals surface area (Å²) in [7, 11) is -3.72. The van der Waals surface area contributed by atoms with E-state index in [9.17, 15) is 13.2 Å². The first kappa shape index (κ1) is 16.0. The van der Waals surface area contributed by atoms with Gasteiger partial charge < -0.3 is 4.90 Å². The largest absolute Gasteiger partial charge is 0.312 e. The van der Waals surface area contributed by atoms with Gasteiger partial charge in [0.15, 0.2) is 0 Å². The van der Waals surface area contributed by atoms with Crippen LogP contribution in [0.5, 0.6) is 0 Å². The zero-order chi connectivity index (χ0) is 17.2. The van der Waals surface area contributed by atoms with Gasteiger partial charge in [0.2, 0.25) is 5.91 Å². The Morgan fingerprint density at radius 3 is 2.25 bits per heavy atom. The third-order valence-corrected chi connectivity index (χ3v) is 5.20.